The van der Waals surface area contributed by atoms with Gasteiger partial charge in [-0.2, -0.15) is 8.78 Å². The van der Waals surface area contributed by atoms with E-state index in [1.807, 2.05) is 6.92 Å². The van der Waals surface area contributed by atoms with Gasteiger partial charge in [0.25, 0.3) is 11.8 Å². The Kier molecular flexibility index (Phi) is 6.18. The normalized spacial score (nSPS) is 13.2. The first-order chi connectivity index (χ1) is 15.9. The molecule has 1 aliphatic rings. The van der Waals surface area contributed by atoms with Gasteiger partial charge in [0.1, 0.15) is 17.9 Å². The molecule has 2 amide bonds. The quantitative estimate of drug-likeness (QED) is 0.334. The van der Waals surface area contributed by atoms with Crippen molar-refractivity contribution in [1.29, 1.82) is 0 Å². The van der Waals surface area contributed by atoms with Crippen molar-refractivity contribution in [2.75, 3.05) is 4.90 Å². The van der Waals surface area contributed by atoms with E-state index < -0.39 is 24.2 Å². The van der Waals surface area contributed by atoms with Crippen molar-refractivity contribution in [3.63, 3.8) is 0 Å². The summed E-state index contributed by atoms with van der Waals surface area (Å²) in [6.07, 6.45) is 2.36. The van der Waals surface area contributed by atoms with Gasteiger partial charge in [0.2, 0.25) is 0 Å². The van der Waals surface area contributed by atoms with Crippen LogP contribution in [0.5, 0.6) is 5.75 Å². The Morgan fingerprint density at radius 1 is 1.03 bits per heavy atom. The fourth-order valence-corrected chi connectivity index (χ4v) is 4.22. The summed E-state index contributed by atoms with van der Waals surface area (Å²) in [6, 6.07) is 10.3. The number of nitrogens with zero attached hydrogens (tertiary/aromatic N) is 1. The molecule has 0 aliphatic carbocycles. The van der Waals surface area contributed by atoms with Gasteiger partial charge in [0.05, 0.1) is 16.8 Å². The Morgan fingerprint density at radius 3 is 2.36 bits per heavy atom. The van der Waals surface area contributed by atoms with Crippen molar-refractivity contribution in [1.82, 2.24) is 0 Å². The maximum absolute atomic E-state index is 14.5. The minimum absolute atomic E-state index is 0.000163. The molecule has 0 N–H and O–H groups in total. The number of anilines is 1. The molecule has 3 aromatic carbocycles. The number of carbonyl (C=O) groups excluding carboxylic acids is 3. The largest absolute Gasteiger partial charge is 0.433 e. The van der Waals surface area contributed by atoms with Crippen LogP contribution in [0.3, 0.4) is 0 Å². The van der Waals surface area contributed by atoms with E-state index in [1.54, 1.807) is 24.3 Å². The van der Waals surface area contributed by atoms with E-state index in [9.17, 15) is 27.6 Å². The highest BCUT2D eigenvalue weighted by atomic mass is 19.3. The van der Waals surface area contributed by atoms with Crippen LogP contribution >= 0.6 is 0 Å². The van der Waals surface area contributed by atoms with Gasteiger partial charge in [0.15, 0.2) is 0 Å². The molecule has 0 aromatic heterocycles. The lowest BCUT2D eigenvalue weighted by Crippen LogP contribution is -2.29. The lowest BCUT2D eigenvalue weighted by molar-refractivity contribution is -0.107. The molecule has 0 bridgehead atoms. The highest BCUT2D eigenvalue weighted by Crippen LogP contribution is 2.43. The molecule has 0 saturated heterocycles. The number of amides is 2. The minimum atomic E-state index is -3.21. The Morgan fingerprint density at radius 2 is 1.73 bits per heavy atom. The number of hydrogen-bond acceptors (Lipinski definition) is 4. The van der Waals surface area contributed by atoms with Crippen LogP contribution in [-0.4, -0.2) is 24.7 Å². The number of unbranched alkanes of at least 4 members (excludes halogenated alkanes) is 1. The molecule has 170 valence electrons. The van der Waals surface area contributed by atoms with Gasteiger partial charge in [-0.1, -0.05) is 43.7 Å². The third-order valence-electron chi connectivity index (χ3n) is 5.69. The van der Waals surface area contributed by atoms with E-state index in [0.29, 0.717) is 35.5 Å². The Hall–Kier alpha value is -3.68. The van der Waals surface area contributed by atoms with Gasteiger partial charge < -0.3 is 9.53 Å². The Bertz CT molecular complexity index is 1270. The smallest absolute Gasteiger partial charge is 0.387 e. The maximum atomic E-state index is 14.5. The zero-order valence-electron chi connectivity index (χ0n) is 17.7. The summed E-state index contributed by atoms with van der Waals surface area (Å²) < 4.78 is 45.9. The molecule has 4 rings (SSSR count). The van der Waals surface area contributed by atoms with E-state index >= 15 is 0 Å². The number of alkyl halides is 2. The zero-order chi connectivity index (χ0) is 23.7. The SMILES string of the molecule is CCCCc1c2c(c(OC(F)F)c3ccccc13)C(=O)N(c1ccc(CC=O)c(F)c1)C2=O. The molecule has 1 heterocycles. The summed E-state index contributed by atoms with van der Waals surface area (Å²) in [6.45, 7) is -1.24. The molecular weight excluding hydrogens is 435 g/mol. The highest BCUT2D eigenvalue weighted by molar-refractivity contribution is 6.37. The number of aldehydes is 1. The lowest BCUT2D eigenvalue weighted by atomic mass is 9.91. The van der Waals surface area contributed by atoms with Crippen molar-refractivity contribution in [2.24, 2.45) is 0 Å². The van der Waals surface area contributed by atoms with Crippen LogP contribution in [0, 0.1) is 5.82 Å². The van der Waals surface area contributed by atoms with Gasteiger partial charge in [0, 0.05) is 11.8 Å². The molecule has 0 spiro atoms. The molecule has 8 heteroatoms. The third-order valence-corrected chi connectivity index (χ3v) is 5.69. The maximum Gasteiger partial charge on any atom is 0.387 e. The van der Waals surface area contributed by atoms with Crippen molar-refractivity contribution in [2.45, 2.75) is 39.2 Å². The number of hydrogen-bond donors (Lipinski definition) is 0. The second-order valence-corrected chi connectivity index (χ2v) is 7.68. The third kappa shape index (κ3) is 3.86. The lowest BCUT2D eigenvalue weighted by Gasteiger charge is -2.16. The summed E-state index contributed by atoms with van der Waals surface area (Å²) in [7, 11) is 0. The van der Waals surface area contributed by atoms with E-state index in [4.69, 9.17) is 4.74 Å². The molecule has 0 radical (unpaired) electrons. The van der Waals surface area contributed by atoms with Crippen molar-refractivity contribution in [3.05, 3.63) is 70.5 Å². The molecule has 0 unspecified atom stereocenters. The van der Waals surface area contributed by atoms with Crippen LogP contribution in [-0.2, 0) is 17.6 Å². The molecular formula is C25H20F3NO4. The monoisotopic (exact) mass is 455 g/mol. The fraction of sp³-hybridized carbons (Fsp3) is 0.240. The van der Waals surface area contributed by atoms with E-state index in [0.717, 1.165) is 17.4 Å². The van der Waals surface area contributed by atoms with Crippen LogP contribution in [0.15, 0.2) is 42.5 Å². The first-order valence-corrected chi connectivity index (χ1v) is 10.5. The van der Waals surface area contributed by atoms with Crippen LogP contribution < -0.4 is 9.64 Å². The number of ether oxygens (including phenoxy) is 1. The first-order valence-electron chi connectivity index (χ1n) is 10.5. The van der Waals surface area contributed by atoms with E-state index in [-0.39, 0.29) is 34.5 Å². The van der Waals surface area contributed by atoms with Gasteiger partial charge in [-0.15, -0.1) is 0 Å². The number of imide groups is 1. The zero-order valence-corrected chi connectivity index (χ0v) is 17.7. The van der Waals surface area contributed by atoms with Crippen molar-refractivity contribution in [3.8, 4) is 5.75 Å². The van der Waals surface area contributed by atoms with Gasteiger partial charge in [-0.3, -0.25) is 9.59 Å². The molecule has 0 fully saturated rings. The Balaban J connectivity index is 1.96. The second-order valence-electron chi connectivity index (χ2n) is 7.68. The van der Waals surface area contributed by atoms with E-state index in [2.05, 4.69) is 0 Å². The minimum Gasteiger partial charge on any atom is -0.433 e. The number of rotatable bonds is 8. The Labute approximate surface area is 187 Å². The van der Waals surface area contributed by atoms with Crippen LogP contribution in [0.4, 0.5) is 18.9 Å². The second kappa shape index (κ2) is 9.05. The summed E-state index contributed by atoms with van der Waals surface area (Å²) in [5.41, 5.74) is 0.383. The average molecular weight is 455 g/mol. The molecule has 1 aliphatic heterocycles. The standard InChI is InChI=1S/C25H20F3NO4/c1-2-3-6-17-16-7-4-5-8-18(16)22(33-25(27)28)21-20(17)23(31)29(24(21)32)15-10-9-14(11-12-30)19(26)13-15/h4-5,7-10,12-13,25H,2-3,6,11H2,1H3. The average Bonchev–Trinajstić information content (AvgIpc) is 3.05. The summed E-state index contributed by atoms with van der Waals surface area (Å²) in [5.74, 6) is -2.71. The van der Waals surface area contributed by atoms with Crippen molar-refractivity contribution < 1.29 is 32.3 Å². The number of benzene rings is 3. The molecule has 33 heavy (non-hydrogen) atoms. The van der Waals surface area contributed by atoms with Gasteiger partial charge in [-0.25, -0.2) is 9.29 Å². The molecule has 5 nitrogen and oxygen atoms in total. The summed E-state index contributed by atoms with van der Waals surface area (Å²) in [4.78, 5) is 38.4. The first kappa shape index (κ1) is 22.5. The summed E-state index contributed by atoms with van der Waals surface area (Å²) >= 11 is 0. The van der Waals surface area contributed by atoms with Gasteiger partial charge in [-0.05, 0) is 41.5 Å². The van der Waals surface area contributed by atoms with Crippen LogP contribution in [0.25, 0.3) is 10.8 Å². The topological polar surface area (TPSA) is 63.7 Å². The number of aryl methyl sites for hydroxylation is 1. The van der Waals surface area contributed by atoms with Crippen molar-refractivity contribution >= 4 is 34.6 Å². The number of carbonyl (C=O) groups is 3. The predicted molar refractivity (Wildman–Crippen MR) is 117 cm³/mol. The fourth-order valence-electron chi connectivity index (χ4n) is 4.22. The predicted octanol–water partition coefficient (Wildman–Crippen LogP) is 5.46. The van der Waals surface area contributed by atoms with Gasteiger partial charge >= 0.3 is 6.61 Å². The van der Waals surface area contributed by atoms with Crippen LogP contribution in [0.1, 0.15) is 51.6 Å². The number of halogens is 3. The molecule has 3 aromatic rings. The van der Waals surface area contributed by atoms with Crippen LogP contribution in [0.2, 0.25) is 0 Å². The van der Waals surface area contributed by atoms with E-state index in [1.165, 1.54) is 12.1 Å². The number of fused-ring (bicyclic) bond motifs is 2. The molecule has 0 atom stereocenters. The summed E-state index contributed by atoms with van der Waals surface area (Å²) in [5, 5.41) is 0.856. The highest BCUT2D eigenvalue weighted by Gasteiger charge is 2.43. The molecule has 0 saturated carbocycles.